The molecule has 0 bridgehead atoms. The van der Waals surface area contributed by atoms with Crippen LogP contribution < -0.4 is 5.32 Å². The van der Waals surface area contributed by atoms with Crippen LogP contribution in [0.4, 0.5) is 4.39 Å². The van der Waals surface area contributed by atoms with Crippen LogP contribution in [0, 0.1) is 5.92 Å². The Labute approximate surface area is 64.6 Å². The SMILES string of the molecule is O=C(O)CC1CNCCC1F. The summed E-state index contributed by atoms with van der Waals surface area (Å²) in [5.74, 6) is -1.25. The summed E-state index contributed by atoms with van der Waals surface area (Å²) in [4.78, 5) is 10.2. The molecule has 0 spiro atoms. The third-order valence-corrected chi connectivity index (χ3v) is 1.95. The molecule has 64 valence electrons. The molecule has 0 aromatic carbocycles. The van der Waals surface area contributed by atoms with Crippen molar-refractivity contribution in [2.45, 2.75) is 19.0 Å². The van der Waals surface area contributed by atoms with Crippen LogP contribution >= 0.6 is 0 Å². The van der Waals surface area contributed by atoms with Gasteiger partial charge in [0.1, 0.15) is 6.17 Å². The van der Waals surface area contributed by atoms with Gasteiger partial charge in [0.25, 0.3) is 0 Å². The molecule has 1 heterocycles. The highest BCUT2D eigenvalue weighted by molar-refractivity contribution is 5.67. The van der Waals surface area contributed by atoms with Crippen molar-refractivity contribution in [3.8, 4) is 0 Å². The molecule has 1 saturated heterocycles. The van der Waals surface area contributed by atoms with Crippen molar-refractivity contribution in [3.05, 3.63) is 0 Å². The topological polar surface area (TPSA) is 49.3 Å². The fourth-order valence-corrected chi connectivity index (χ4v) is 1.32. The van der Waals surface area contributed by atoms with Gasteiger partial charge in [-0.25, -0.2) is 4.39 Å². The lowest BCUT2D eigenvalue weighted by Gasteiger charge is -2.25. The van der Waals surface area contributed by atoms with Crippen molar-refractivity contribution in [3.63, 3.8) is 0 Å². The van der Waals surface area contributed by atoms with Crippen molar-refractivity contribution in [2.75, 3.05) is 13.1 Å². The van der Waals surface area contributed by atoms with Crippen LogP contribution in [0.1, 0.15) is 12.8 Å². The lowest BCUT2D eigenvalue weighted by Crippen LogP contribution is -2.38. The lowest BCUT2D eigenvalue weighted by atomic mass is 9.94. The second kappa shape index (κ2) is 3.67. The van der Waals surface area contributed by atoms with E-state index in [1.807, 2.05) is 0 Å². The Bertz CT molecular complexity index is 151. The van der Waals surface area contributed by atoms with E-state index in [9.17, 15) is 9.18 Å². The normalized spacial score (nSPS) is 31.7. The molecule has 11 heavy (non-hydrogen) atoms. The summed E-state index contributed by atoms with van der Waals surface area (Å²) in [6.45, 7) is 1.16. The molecule has 0 aliphatic carbocycles. The molecule has 2 N–H and O–H groups in total. The quantitative estimate of drug-likeness (QED) is 0.616. The number of carboxylic acid groups (broad SMARTS) is 1. The molecule has 0 aromatic rings. The number of rotatable bonds is 2. The molecule has 1 rings (SSSR count). The number of halogens is 1. The van der Waals surface area contributed by atoms with Gasteiger partial charge in [0.2, 0.25) is 0 Å². The van der Waals surface area contributed by atoms with Gasteiger partial charge in [-0.15, -0.1) is 0 Å². The van der Waals surface area contributed by atoms with Crippen LogP contribution in [0.25, 0.3) is 0 Å². The summed E-state index contributed by atoms with van der Waals surface area (Å²) in [6, 6.07) is 0. The summed E-state index contributed by atoms with van der Waals surface area (Å²) in [7, 11) is 0. The third kappa shape index (κ3) is 2.46. The molecule has 2 atom stereocenters. The number of carboxylic acids is 1. The number of hydrogen-bond acceptors (Lipinski definition) is 2. The number of piperidine rings is 1. The summed E-state index contributed by atoms with van der Waals surface area (Å²) in [5.41, 5.74) is 0. The Morgan fingerprint density at radius 2 is 2.45 bits per heavy atom. The van der Waals surface area contributed by atoms with Gasteiger partial charge in [0.05, 0.1) is 6.42 Å². The second-order valence-electron chi connectivity index (χ2n) is 2.87. The van der Waals surface area contributed by atoms with Gasteiger partial charge in [-0.3, -0.25) is 4.79 Å². The fourth-order valence-electron chi connectivity index (χ4n) is 1.32. The van der Waals surface area contributed by atoms with Gasteiger partial charge in [-0.1, -0.05) is 0 Å². The van der Waals surface area contributed by atoms with Crippen molar-refractivity contribution >= 4 is 5.97 Å². The van der Waals surface area contributed by atoms with Crippen LogP contribution in [-0.2, 0) is 4.79 Å². The second-order valence-corrected chi connectivity index (χ2v) is 2.87. The maximum absolute atomic E-state index is 12.9. The molecule has 0 aromatic heterocycles. The Morgan fingerprint density at radius 1 is 1.73 bits per heavy atom. The molecule has 0 amide bonds. The number of hydrogen-bond donors (Lipinski definition) is 2. The molecular formula is C7H12FNO2. The highest BCUT2D eigenvalue weighted by atomic mass is 19.1. The van der Waals surface area contributed by atoms with E-state index >= 15 is 0 Å². The molecule has 1 fully saturated rings. The van der Waals surface area contributed by atoms with Crippen LogP contribution in [0.5, 0.6) is 0 Å². The summed E-state index contributed by atoms with van der Waals surface area (Å²) in [5, 5.41) is 11.4. The van der Waals surface area contributed by atoms with Gasteiger partial charge in [0.15, 0.2) is 0 Å². The minimum atomic E-state index is -0.938. The largest absolute Gasteiger partial charge is 0.481 e. The molecular weight excluding hydrogens is 149 g/mol. The van der Waals surface area contributed by atoms with Crippen molar-refractivity contribution in [1.82, 2.24) is 5.32 Å². The number of carbonyl (C=O) groups is 1. The third-order valence-electron chi connectivity index (χ3n) is 1.95. The lowest BCUT2D eigenvalue weighted by molar-refractivity contribution is -0.138. The van der Waals surface area contributed by atoms with E-state index in [1.165, 1.54) is 0 Å². The van der Waals surface area contributed by atoms with Gasteiger partial charge < -0.3 is 10.4 Å². The van der Waals surface area contributed by atoms with E-state index in [-0.39, 0.29) is 12.3 Å². The average molecular weight is 161 g/mol. The number of aliphatic carboxylic acids is 1. The van der Waals surface area contributed by atoms with Crippen molar-refractivity contribution in [1.29, 1.82) is 0 Å². The molecule has 1 aliphatic heterocycles. The highest BCUT2D eigenvalue weighted by Gasteiger charge is 2.26. The first-order valence-corrected chi connectivity index (χ1v) is 3.76. The van der Waals surface area contributed by atoms with Crippen LogP contribution in [-0.4, -0.2) is 30.3 Å². The number of nitrogens with one attached hydrogen (secondary N) is 1. The van der Waals surface area contributed by atoms with Crippen LogP contribution in [0.3, 0.4) is 0 Å². The summed E-state index contributed by atoms with van der Waals surface area (Å²) >= 11 is 0. The van der Waals surface area contributed by atoms with Gasteiger partial charge in [-0.05, 0) is 13.0 Å². The zero-order valence-electron chi connectivity index (χ0n) is 6.22. The molecule has 2 unspecified atom stereocenters. The number of alkyl halides is 1. The van der Waals surface area contributed by atoms with Crippen molar-refractivity contribution in [2.24, 2.45) is 5.92 Å². The van der Waals surface area contributed by atoms with Crippen LogP contribution in [0.2, 0.25) is 0 Å². The Morgan fingerprint density at radius 3 is 3.00 bits per heavy atom. The van der Waals surface area contributed by atoms with E-state index in [2.05, 4.69) is 5.32 Å². The highest BCUT2D eigenvalue weighted by Crippen LogP contribution is 2.17. The van der Waals surface area contributed by atoms with E-state index < -0.39 is 12.1 Å². The van der Waals surface area contributed by atoms with Crippen molar-refractivity contribution < 1.29 is 14.3 Å². The first kappa shape index (κ1) is 8.46. The van der Waals surface area contributed by atoms with E-state index in [0.717, 1.165) is 0 Å². The van der Waals surface area contributed by atoms with Gasteiger partial charge in [0, 0.05) is 12.5 Å². The Balaban J connectivity index is 2.35. The summed E-state index contributed by atoms with van der Waals surface area (Å²) < 4.78 is 12.9. The Hall–Kier alpha value is -0.640. The first-order chi connectivity index (χ1) is 5.20. The zero-order chi connectivity index (χ0) is 8.27. The molecule has 3 nitrogen and oxygen atoms in total. The smallest absolute Gasteiger partial charge is 0.303 e. The zero-order valence-corrected chi connectivity index (χ0v) is 6.22. The van der Waals surface area contributed by atoms with Gasteiger partial charge >= 0.3 is 5.97 Å². The van der Waals surface area contributed by atoms with E-state index in [4.69, 9.17) is 5.11 Å². The van der Waals surface area contributed by atoms with E-state index in [0.29, 0.717) is 19.5 Å². The predicted molar refractivity (Wildman–Crippen MR) is 38.1 cm³/mol. The first-order valence-electron chi connectivity index (χ1n) is 3.76. The van der Waals surface area contributed by atoms with Crippen LogP contribution in [0.15, 0.2) is 0 Å². The predicted octanol–water partition coefficient (Wildman–Crippen LogP) is 0.409. The maximum atomic E-state index is 12.9. The monoisotopic (exact) mass is 161 g/mol. The van der Waals surface area contributed by atoms with Gasteiger partial charge in [-0.2, -0.15) is 0 Å². The minimum Gasteiger partial charge on any atom is -0.481 e. The average Bonchev–Trinajstić information content (AvgIpc) is 1.93. The fraction of sp³-hybridized carbons (Fsp3) is 0.857. The standard InChI is InChI=1S/C7H12FNO2/c8-6-1-2-9-4-5(6)3-7(10)11/h5-6,9H,1-4H2,(H,10,11). The Kier molecular flexibility index (Phi) is 2.82. The molecule has 0 saturated carbocycles. The maximum Gasteiger partial charge on any atom is 0.303 e. The summed E-state index contributed by atoms with van der Waals surface area (Å²) in [6.07, 6.45) is -0.557. The van der Waals surface area contributed by atoms with E-state index in [1.54, 1.807) is 0 Å². The molecule has 4 heteroatoms. The minimum absolute atomic E-state index is 0.0613. The molecule has 0 radical (unpaired) electrons. The molecule has 1 aliphatic rings.